The number of hydrogen-bond donors (Lipinski definition) is 0. The van der Waals surface area contributed by atoms with Crippen molar-refractivity contribution < 1.29 is 4.79 Å². The molecular weight excluding hydrogens is 400 g/mol. The molecular formula is C22H23ClN6O. The van der Waals surface area contributed by atoms with Crippen molar-refractivity contribution in [3.05, 3.63) is 65.1 Å². The van der Waals surface area contributed by atoms with E-state index in [1.165, 1.54) is 0 Å². The average Bonchev–Trinajstić information content (AvgIpc) is 3.45. The summed E-state index contributed by atoms with van der Waals surface area (Å²) in [7, 11) is 4.23. The van der Waals surface area contributed by atoms with E-state index >= 15 is 0 Å². The van der Waals surface area contributed by atoms with E-state index < -0.39 is 0 Å². The van der Waals surface area contributed by atoms with Gasteiger partial charge in [0.2, 0.25) is 0 Å². The Morgan fingerprint density at radius 1 is 1.10 bits per heavy atom. The maximum Gasteiger partial charge on any atom is 0.279 e. The third-order valence-electron chi connectivity index (χ3n) is 5.92. The number of nitrogens with zero attached hydrogens (tertiary/aromatic N) is 6. The Morgan fingerprint density at radius 3 is 2.50 bits per heavy atom. The maximum atomic E-state index is 12.9. The van der Waals surface area contributed by atoms with E-state index in [0.717, 1.165) is 42.3 Å². The zero-order chi connectivity index (χ0) is 20.8. The minimum absolute atomic E-state index is 0.0962. The number of rotatable bonds is 4. The second-order valence-corrected chi connectivity index (χ2v) is 8.48. The molecule has 1 aromatic carbocycles. The Kier molecular flexibility index (Phi) is 4.72. The molecule has 0 N–H and O–H groups in total. The van der Waals surface area contributed by atoms with Crippen LogP contribution >= 0.6 is 11.6 Å². The van der Waals surface area contributed by atoms with Crippen LogP contribution < -0.4 is 9.80 Å². The van der Waals surface area contributed by atoms with E-state index in [4.69, 9.17) is 11.6 Å². The molecule has 4 heterocycles. The Hall–Kier alpha value is -2.90. The van der Waals surface area contributed by atoms with Gasteiger partial charge in [0, 0.05) is 35.9 Å². The van der Waals surface area contributed by atoms with Gasteiger partial charge >= 0.3 is 0 Å². The Labute approximate surface area is 180 Å². The van der Waals surface area contributed by atoms with Gasteiger partial charge in [0.25, 0.3) is 5.91 Å². The Bertz CT molecular complexity index is 1080. The first-order valence-corrected chi connectivity index (χ1v) is 10.4. The SMILES string of the molecule is CN(C)[C@@H]1CCN(c2ccc(N3Cc4cn(-c5ccc(Cl)cc5)nc4C3=O)cn2)C1. The molecule has 0 aliphatic carbocycles. The predicted molar refractivity (Wildman–Crippen MR) is 118 cm³/mol. The van der Waals surface area contributed by atoms with Crippen LogP contribution in [0.25, 0.3) is 5.69 Å². The lowest BCUT2D eigenvalue weighted by Gasteiger charge is -2.22. The summed E-state index contributed by atoms with van der Waals surface area (Å²) in [5, 5.41) is 5.17. The number of anilines is 2. The number of amides is 1. The molecule has 7 nitrogen and oxygen atoms in total. The number of halogens is 1. The number of pyridine rings is 1. The van der Waals surface area contributed by atoms with Gasteiger partial charge in [0.1, 0.15) is 5.82 Å². The van der Waals surface area contributed by atoms with Crippen molar-refractivity contribution in [3.8, 4) is 5.69 Å². The molecule has 0 spiro atoms. The normalized spacial score (nSPS) is 18.5. The van der Waals surface area contributed by atoms with Crippen molar-refractivity contribution in [2.45, 2.75) is 19.0 Å². The van der Waals surface area contributed by atoms with Crippen molar-refractivity contribution in [2.24, 2.45) is 0 Å². The molecule has 154 valence electrons. The number of benzene rings is 1. The van der Waals surface area contributed by atoms with Crippen LogP contribution in [0.3, 0.4) is 0 Å². The lowest BCUT2D eigenvalue weighted by Crippen LogP contribution is -2.31. The fraction of sp³-hybridized carbons (Fsp3) is 0.318. The first-order chi connectivity index (χ1) is 14.5. The van der Waals surface area contributed by atoms with Crippen molar-refractivity contribution in [1.29, 1.82) is 0 Å². The van der Waals surface area contributed by atoms with Crippen LogP contribution in [-0.4, -0.2) is 58.8 Å². The van der Waals surface area contributed by atoms with Crippen LogP contribution in [0, 0.1) is 0 Å². The van der Waals surface area contributed by atoms with Gasteiger partial charge in [-0.1, -0.05) is 11.6 Å². The van der Waals surface area contributed by atoms with Crippen molar-refractivity contribution in [1.82, 2.24) is 19.7 Å². The third-order valence-corrected chi connectivity index (χ3v) is 6.17. The average molecular weight is 423 g/mol. The highest BCUT2D eigenvalue weighted by Gasteiger charge is 2.33. The number of hydrogen-bond acceptors (Lipinski definition) is 5. The van der Waals surface area contributed by atoms with Gasteiger partial charge in [-0.05, 0) is 56.9 Å². The molecule has 0 saturated carbocycles. The zero-order valence-electron chi connectivity index (χ0n) is 17.0. The number of carbonyl (C=O) groups is 1. The second-order valence-electron chi connectivity index (χ2n) is 8.04. The van der Waals surface area contributed by atoms with E-state index in [9.17, 15) is 4.79 Å². The Balaban J connectivity index is 1.31. The summed E-state index contributed by atoms with van der Waals surface area (Å²) < 4.78 is 1.73. The van der Waals surface area contributed by atoms with E-state index in [2.05, 4.69) is 34.0 Å². The van der Waals surface area contributed by atoms with Gasteiger partial charge in [-0.3, -0.25) is 4.79 Å². The molecule has 1 amide bonds. The molecule has 1 fully saturated rings. The lowest BCUT2D eigenvalue weighted by molar-refractivity contribution is 0.0991. The van der Waals surface area contributed by atoms with E-state index in [1.54, 1.807) is 15.8 Å². The highest BCUT2D eigenvalue weighted by Crippen LogP contribution is 2.29. The van der Waals surface area contributed by atoms with Crippen LogP contribution in [0.15, 0.2) is 48.8 Å². The van der Waals surface area contributed by atoms with Gasteiger partial charge in [-0.25, -0.2) is 9.67 Å². The summed E-state index contributed by atoms with van der Waals surface area (Å²) in [5.41, 5.74) is 3.07. The summed E-state index contributed by atoms with van der Waals surface area (Å²) in [4.78, 5) is 23.9. The molecule has 30 heavy (non-hydrogen) atoms. The zero-order valence-corrected chi connectivity index (χ0v) is 17.8. The highest BCUT2D eigenvalue weighted by molar-refractivity contribution is 6.30. The summed E-state index contributed by atoms with van der Waals surface area (Å²) in [5.74, 6) is 0.863. The molecule has 2 aliphatic rings. The smallest absolute Gasteiger partial charge is 0.279 e. The molecule has 0 radical (unpaired) electrons. The second kappa shape index (κ2) is 7.41. The summed E-state index contributed by atoms with van der Waals surface area (Å²) >= 11 is 5.96. The van der Waals surface area contributed by atoms with Gasteiger partial charge in [-0.15, -0.1) is 0 Å². The summed E-state index contributed by atoms with van der Waals surface area (Å²) in [6.45, 7) is 2.48. The fourth-order valence-electron chi connectivity index (χ4n) is 4.11. The summed E-state index contributed by atoms with van der Waals surface area (Å²) in [6, 6.07) is 11.9. The van der Waals surface area contributed by atoms with Crippen LogP contribution in [0.4, 0.5) is 11.5 Å². The lowest BCUT2D eigenvalue weighted by atomic mass is 10.2. The van der Waals surface area contributed by atoms with Crippen molar-refractivity contribution in [3.63, 3.8) is 0 Å². The first-order valence-electron chi connectivity index (χ1n) is 10.0. The molecule has 2 aliphatic heterocycles. The van der Waals surface area contributed by atoms with E-state index in [-0.39, 0.29) is 5.91 Å². The fourth-order valence-corrected chi connectivity index (χ4v) is 4.23. The molecule has 3 aromatic rings. The number of likely N-dealkylation sites (N-methyl/N-ethyl adjacent to an activating group) is 1. The molecule has 0 bridgehead atoms. The summed E-state index contributed by atoms with van der Waals surface area (Å²) in [6.07, 6.45) is 4.83. The number of carbonyl (C=O) groups excluding carboxylic acids is 1. The quantitative estimate of drug-likeness (QED) is 0.646. The minimum atomic E-state index is -0.0962. The van der Waals surface area contributed by atoms with Crippen molar-refractivity contribution >= 4 is 29.0 Å². The molecule has 1 saturated heterocycles. The maximum absolute atomic E-state index is 12.9. The van der Waals surface area contributed by atoms with E-state index in [0.29, 0.717) is 23.3 Å². The predicted octanol–water partition coefficient (Wildman–Crippen LogP) is 3.22. The molecule has 1 atom stereocenters. The van der Waals surface area contributed by atoms with Crippen LogP contribution in [0.5, 0.6) is 0 Å². The van der Waals surface area contributed by atoms with Gasteiger partial charge in [-0.2, -0.15) is 5.10 Å². The topological polar surface area (TPSA) is 57.5 Å². The molecule has 0 unspecified atom stereocenters. The molecule has 8 heteroatoms. The minimum Gasteiger partial charge on any atom is -0.355 e. The largest absolute Gasteiger partial charge is 0.355 e. The monoisotopic (exact) mass is 422 g/mol. The van der Waals surface area contributed by atoms with E-state index in [1.807, 2.05) is 42.6 Å². The number of aromatic nitrogens is 3. The van der Waals surface area contributed by atoms with Crippen LogP contribution in [-0.2, 0) is 6.54 Å². The van der Waals surface area contributed by atoms with Crippen LogP contribution in [0.2, 0.25) is 5.02 Å². The van der Waals surface area contributed by atoms with Gasteiger partial charge in [0.15, 0.2) is 5.69 Å². The third kappa shape index (κ3) is 3.34. The van der Waals surface area contributed by atoms with Gasteiger partial charge in [0.05, 0.1) is 24.1 Å². The number of fused-ring (bicyclic) bond motifs is 1. The van der Waals surface area contributed by atoms with Crippen LogP contribution in [0.1, 0.15) is 22.5 Å². The molecule has 5 rings (SSSR count). The highest BCUT2D eigenvalue weighted by atomic mass is 35.5. The Morgan fingerprint density at radius 2 is 1.87 bits per heavy atom. The van der Waals surface area contributed by atoms with Crippen molar-refractivity contribution in [2.75, 3.05) is 37.0 Å². The standard InChI is InChI=1S/C22H23ClN6O/c1-26(2)19-9-10-27(14-19)20-8-7-18(11-24-20)28-12-15-13-29(25-21(15)22(28)30)17-5-3-16(23)4-6-17/h3-8,11,13,19H,9-10,12,14H2,1-2H3/t19-/m1/s1. The first kappa shape index (κ1) is 19.1. The molecule has 2 aromatic heterocycles. The van der Waals surface area contributed by atoms with Gasteiger partial charge < -0.3 is 14.7 Å².